The lowest BCUT2D eigenvalue weighted by Gasteiger charge is -2.18. The van der Waals surface area contributed by atoms with Crippen molar-refractivity contribution < 1.29 is 4.42 Å². The van der Waals surface area contributed by atoms with E-state index < -0.39 is 0 Å². The maximum absolute atomic E-state index is 5.43. The Labute approximate surface area is 125 Å². The third-order valence-corrected chi connectivity index (χ3v) is 3.91. The smallest absolute Gasteiger partial charge is 0.103 e. The molecule has 1 atom stereocenters. The van der Waals surface area contributed by atoms with E-state index in [0.717, 1.165) is 18.7 Å². The van der Waals surface area contributed by atoms with Crippen molar-refractivity contribution in [3.05, 3.63) is 24.2 Å². The summed E-state index contributed by atoms with van der Waals surface area (Å²) in [6.07, 6.45) is 14.9. The molecule has 20 heavy (non-hydrogen) atoms. The number of furan rings is 1. The molecule has 1 aromatic rings. The Morgan fingerprint density at radius 1 is 1.00 bits per heavy atom. The quantitative estimate of drug-likeness (QED) is 0.494. The van der Waals surface area contributed by atoms with Crippen LogP contribution >= 0.6 is 0 Å². The molecule has 1 heterocycles. The highest BCUT2D eigenvalue weighted by atomic mass is 16.3. The summed E-state index contributed by atoms with van der Waals surface area (Å²) in [5.41, 5.74) is 0. The Balaban J connectivity index is 2.14. The molecule has 0 saturated carbocycles. The van der Waals surface area contributed by atoms with E-state index in [1.54, 1.807) is 6.26 Å². The molecule has 1 rings (SSSR count). The summed E-state index contributed by atoms with van der Waals surface area (Å²) in [7, 11) is 0. The Kier molecular flexibility index (Phi) is 10.4. The predicted octanol–water partition coefficient (Wildman–Crippen LogP) is 5.33. The molecule has 2 nitrogen and oxygen atoms in total. The van der Waals surface area contributed by atoms with Crippen molar-refractivity contribution in [2.75, 3.05) is 6.54 Å². The number of nitrogens with one attached hydrogen (secondary N) is 1. The Hall–Kier alpha value is -0.760. The molecule has 1 N–H and O–H groups in total. The van der Waals surface area contributed by atoms with Crippen LogP contribution in [0.3, 0.4) is 0 Å². The SMILES string of the molecule is CCCCCCCCC(CCc1ccco1)NCCC. The lowest BCUT2D eigenvalue weighted by Crippen LogP contribution is -2.30. The van der Waals surface area contributed by atoms with Crippen molar-refractivity contribution >= 4 is 0 Å². The third kappa shape index (κ3) is 8.42. The first-order valence-electron chi connectivity index (χ1n) is 8.62. The third-order valence-electron chi connectivity index (χ3n) is 3.91. The van der Waals surface area contributed by atoms with Gasteiger partial charge in [-0.3, -0.25) is 0 Å². The van der Waals surface area contributed by atoms with Gasteiger partial charge in [0.25, 0.3) is 0 Å². The maximum atomic E-state index is 5.43. The van der Waals surface area contributed by atoms with Crippen LogP contribution in [0.4, 0.5) is 0 Å². The van der Waals surface area contributed by atoms with Crippen molar-refractivity contribution in [2.24, 2.45) is 0 Å². The van der Waals surface area contributed by atoms with Gasteiger partial charge in [0.05, 0.1) is 6.26 Å². The molecule has 1 unspecified atom stereocenters. The molecular weight excluding hydrogens is 246 g/mol. The van der Waals surface area contributed by atoms with E-state index in [1.165, 1.54) is 57.8 Å². The van der Waals surface area contributed by atoms with Crippen LogP contribution in [0.15, 0.2) is 22.8 Å². The van der Waals surface area contributed by atoms with Crippen LogP contribution < -0.4 is 5.32 Å². The first-order chi connectivity index (χ1) is 9.86. The fraction of sp³-hybridized carbons (Fsp3) is 0.778. The van der Waals surface area contributed by atoms with Crippen LogP contribution in [-0.4, -0.2) is 12.6 Å². The number of hydrogen-bond acceptors (Lipinski definition) is 2. The molecule has 0 saturated heterocycles. The van der Waals surface area contributed by atoms with Crippen molar-refractivity contribution in [3.63, 3.8) is 0 Å². The lowest BCUT2D eigenvalue weighted by molar-refractivity contribution is 0.410. The number of aryl methyl sites for hydroxylation is 1. The summed E-state index contributed by atoms with van der Waals surface area (Å²) in [5, 5.41) is 3.69. The van der Waals surface area contributed by atoms with Crippen LogP contribution in [0.25, 0.3) is 0 Å². The Bertz CT molecular complexity index is 294. The molecule has 0 aliphatic rings. The van der Waals surface area contributed by atoms with Crippen molar-refractivity contribution in [3.8, 4) is 0 Å². The Morgan fingerprint density at radius 2 is 1.80 bits per heavy atom. The van der Waals surface area contributed by atoms with Gasteiger partial charge >= 0.3 is 0 Å². The van der Waals surface area contributed by atoms with Gasteiger partial charge in [-0.05, 0) is 37.9 Å². The molecule has 0 amide bonds. The highest BCUT2D eigenvalue weighted by Crippen LogP contribution is 2.13. The standard InChI is InChI=1S/C18H33NO/c1-3-5-6-7-8-9-11-17(19-15-4-2)13-14-18-12-10-16-20-18/h10,12,16-17,19H,3-9,11,13-15H2,1-2H3. The zero-order valence-electron chi connectivity index (χ0n) is 13.5. The summed E-state index contributed by atoms with van der Waals surface area (Å²) in [6.45, 7) is 5.65. The molecule has 0 aliphatic carbocycles. The summed E-state index contributed by atoms with van der Waals surface area (Å²) in [5.74, 6) is 1.12. The summed E-state index contributed by atoms with van der Waals surface area (Å²) in [6, 6.07) is 4.73. The average Bonchev–Trinajstić information content (AvgIpc) is 2.98. The van der Waals surface area contributed by atoms with E-state index in [-0.39, 0.29) is 0 Å². The van der Waals surface area contributed by atoms with Crippen LogP contribution in [-0.2, 0) is 6.42 Å². The molecule has 2 heteroatoms. The molecule has 0 spiro atoms. The minimum Gasteiger partial charge on any atom is -0.469 e. The van der Waals surface area contributed by atoms with E-state index in [9.17, 15) is 0 Å². The van der Waals surface area contributed by atoms with Crippen molar-refractivity contribution in [2.45, 2.75) is 84.1 Å². The van der Waals surface area contributed by atoms with Crippen LogP contribution in [0.5, 0.6) is 0 Å². The molecule has 0 radical (unpaired) electrons. The van der Waals surface area contributed by atoms with E-state index in [0.29, 0.717) is 6.04 Å². The number of hydrogen-bond donors (Lipinski definition) is 1. The summed E-state index contributed by atoms with van der Waals surface area (Å²) in [4.78, 5) is 0. The zero-order chi connectivity index (χ0) is 14.5. The first-order valence-corrected chi connectivity index (χ1v) is 8.62. The molecule has 0 aliphatic heterocycles. The maximum Gasteiger partial charge on any atom is 0.103 e. The van der Waals surface area contributed by atoms with Crippen LogP contribution in [0.1, 0.15) is 77.4 Å². The minimum absolute atomic E-state index is 0.659. The second-order valence-electron chi connectivity index (χ2n) is 5.83. The molecule has 0 bridgehead atoms. The lowest BCUT2D eigenvalue weighted by atomic mass is 10.0. The first kappa shape index (κ1) is 17.3. The van der Waals surface area contributed by atoms with Gasteiger partial charge in [0.15, 0.2) is 0 Å². The van der Waals surface area contributed by atoms with Gasteiger partial charge in [0.1, 0.15) is 5.76 Å². The topological polar surface area (TPSA) is 25.2 Å². The molecule has 0 aromatic carbocycles. The largest absolute Gasteiger partial charge is 0.469 e. The normalized spacial score (nSPS) is 12.7. The Morgan fingerprint density at radius 3 is 2.50 bits per heavy atom. The highest BCUT2D eigenvalue weighted by molar-refractivity contribution is 4.98. The van der Waals surface area contributed by atoms with Gasteiger partial charge < -0.3 is 9.73 Å². The van der Waals surface area contributed by atoms with Crippen LogP contribution in [0.2, 0.25) is 0 Å². The van der Waals surface area contributed by atoms with Crippen molar-refractivity contribution in [1.29, 1.82) is 0 Å². The monoisotopic (exact) mass is 279 g/mol. The van der Waals surface area contributed by atoms with E-state index in [4.69, 9.17) is 4.42 Å². The van der Waals surface area contributed by atoms with Gasteiger partial charge in [-0.2, -0.15) is 0 Å². The molecule has 1 aromatic heterocycles. The minimum atomic E-state index is 0.659. The predicted molar refractivity (Wildman–Crippen MR) is 87.1 cm³/mol. The van der Waals surface area contributed by atoms with E-state index in [1.807, 2.05) is 6.07 Å². The molecular formula is C18H33NO. The average molecular weight is 279 g/mol. The fourth-order valence-electron chi connectivity index (χ4n) is 2.64. The summed E-state index contributed by atoms with van der Waals surface area (Å²) < 4.78 is 5.43. The second-order valence-corrected chi connectivity index (χ2v) is 5.83. The van der Waals surface area contributed by atoms with Gasteiger partial charge in [-0.1, -0.05) is 52.4 Å². The van der Waals surface area contributed by atoms with Gasteiger partial charge in [-0.15, -0.1) is 0 Å². The van der Waals surface area contributed by atoms with Gasteiger partial charge in [-0.25, -0.2) is 0 Å². The second kappa shape index (κ2) is 12.0. The zero-order valence-corrected chi connectivity index (χ0v) is 13.5. The summed E-state index contributed by atoms with van der Waals surface area (Å²) >= 11 is 0. The van der Waals surface area contributed by atoms with E-state index >= 15 is 0 Å². The van der Waals surface area contributed by atoms with Crippen LogP contribution in [0, 0.1) is 0 Å². The highest BCUT2D eigenvalue weighted by Gasteiger charge is 2.08. The van der Waals surface area contributed by atoms with Crippen molar-refractivity contribution in [1.82, 2.24) is 5.32 Å². The van der Waals surface area contributed by atoms with E-state index in [2.05, 4.69) is 25.2 Å². The fourth-order valence-corrected chi connectivity index (χ4v) is 2.64. The number of unbranched alkanes of at least 4 members (excludes halogenated alkanes) is 5. The molecule has 116 valence electrons. The number of rotatable bonds is 13. The molecule has 0 fully saturated rings. The van der Waals surface area contributed by atoms with Gasteiger partial charge in [0, 0.05) is 12.5 Å². The van der Waals surface area contributed by atoms with Gasteiger partial charge in [0.2, 0.25) is 0 Å².